The average Bonchev–Trinajstić information content (AvgIpc) is 2.77. The second-order valence-electron chi connectivity index (χ2n) is 7.09. The van der Waals surface area contributed by atoms with E-state index in [9.17, 15) is 0 Å². The predicted molar refractivity (Wildman–Crippen MR) is 125 cm³/mol. The molecule has 0 fully saturated rings. The highest BCUT2D eigenvalue weighted by molar-refractivity contribution is 5.49. The van der Waals surface area contributed by atoms with E-state index >= 15 is 0 Å². The molecule has 0 atom stereocenters. The molecule has 0 aromatic heterocycles. The lowest BCUT2D eigenvalue weighted by Gasteiger charge is -2.21. The van der Waals surface area contributed by atoms with E-state index in [0.29, 0.717) is 0 Å². The van der Waals surface area contributed by atoms with Crippen molar-refractivity contribution in [3.8, 4) is 11.5 Å². The van der Waals surface area contributed by atoms with E-state index in [1.807, 2.05) is 0 Å². The summed E-state index contributed by atoms with van der Waals surface area (Å²) >= 11 is 0. The van der Waals surface area contributed by atoms with E-state index < -0.39 is 0 Å². The van der Waals surface area contributed by atoms with Gasteiger partial charge in [-0.1, -0.05) is 0 Å². The molecule has 0 aliphatic heterocycles. The van der Waals surface area contributed by atoms with Gasteiger partial charge in [0, 0.05) is 37.6 Å². The Kier molecular flexibility index (Phi) is 10.3. The quantitative estimate of drug-likeness (QED) is 0.364. The maximum atomic E-state index is 5.87. The Hall–Kier alpha value is -2.36. The third-order valence-electron chi connectivity index (χ3n) is 5.26. The molecule has 2 rings (SSSR count). The van der Waals surface area contributed by atoms with Gasteiger partial charge in [-0.3, -0.25) is 0 Å². The number of anilines is 2. The van der Waals surface area contributed by atoms with Gasteiger partial charge < -0.3 is 19.3 Å². The van der Waals surface area contributed by atoms with Gasteiger partial charge in [0.25, 0.3) is 0 Å². The van der Waals surface area contributed by atoms with E-state index in [0.717, 1.165) is 70.2 Å². The third kappa shape index (κ3) is 7.52. The minimum atomic E-state index is 0.753. The molecular formula is C25H38N2O2. The number of nitrogens with zero attached hydrogens (tertiary/aromatic N) is 2. The van der Waals surface area contributed by atoms with Crippen LogP contribution in [0.1, 0.15) is 47.0 Å². The Morgan fingerprint density at radius 2 is 0.862 bits per heavy atom. The summed E-state index contributed by atoms with van der Waals surface area (Å²) in [6, 6.07) is 16.8. The largest absolute Gasteiger partial charge is 0.494 e. The lowest BCUT2D eigenvalue weighted by Crippen LogP contribution is -2.21. The zero-order valence-electron chi connectivity index (χ0n) is 18.7. The molecule has 0 amide bonds. The molecule has 4 nitrogen and oxygen atoms in total. The van der Waals surface area contributed by atoms with Gasteiger partial charge in [-0.05, 0) is 95.5 Å². The molecule has 29 heavy (non-hydrogen) atoms. The van der Waals surface area contributed by atoms with Gasteiger partial charge in [-0.25, -0.2) is 0 Å². The Bertz CT molecular complexity index is 603. The van der Waals surface area contributed by atoms with Crippen molar-refractivity contribution in [3.05, 3.63) is 48.5 Å². The lowest BCUT2D eigenvalue weighted by molar-refractivity contribution is 0.279. The first-order chi connectivity index (χ1) is 14.2. The molecule has 0 bridgehead atoms. The second kappa shape index (κ2) is 13.0. The van der Waals surface area contributed by atoms with Crippen LogP contribution in [-0.2, 0) is 0 Å². The van der Waals surface area contributed by atoms with Crippen LogP contribution in [0.4, 0.5) is 11.4 Å². The fourth-order valence-electron chi connectivity index (χ4n) is 3.44. The third-order valence-corrected chi connectivity index (χ3v) is 5.26. The van der Waals surface area contributed by atoms with Crippen molar-refractivity contribution in [2.45, 2.75) is 47.0 Å². The fraction of sp³-hybridized carbons (Fsp3) is 0.520. The first-order valence-corrected chi connectivity index (χ1v) is 11.2. The molecular weight excluding hydrogens is 360 g/mol. The van der Waals surface area contributed by atoms with Crippen LogP contribution >= 0.6 is 0 Å². The van der Waals surface area contributed by atoms with Crippen molar-refractivity contribution >= 4 is 11.4 Å². The van der Waals surface area contributed by atoms with Crippen molar-refractivity contribution in [1.82, 2.24) is 0 Å². The number of unbranched alkanes of at least 4 members (excludes halogenated alkanes) is 2. The van der Waals surface area contributed by atoms with Crippen LogP contribution in [-0.4, -0.2) is 39.4 Å². The SMILES string of the molecule is CCN(CC)c1ccc(OCCCCCOc2ccc(N(CC)CC)cc2)cc1. The van der Waals surface area contributed by atoms with E-state index in [-0.39, 0.29) is 0 Å². The Morgan fingerprint density at radius 3 is 1.17 bits per heavy atom. The highest BCUT2D eigenvalue weighted by Crippen LogP contribution is 2.20. The normalized spacial score (nSPS) is 10.6. The van der Waals surface area contributed by atoms with Crippen molar-refractivity contribution < 1.29 is 9.47 Å². The van der Waals surface area contributed by atoms with Crippen LogP contribution in [0.3, 0.4) is 0 Å². The van der Waals surface area contributed by atoms with E-state index in [2.05, 4.69) is 86.0 Å². The average molecular weight is 399 g/mol. The summed E-state index contributed by atoms with van der Waals surface area (Å²) in [5.41, 5.74) is 2.51. The highest BCUT2D eigenvalue weighted by atomic mass is 16.5. The molecule has 0 aliphatic carbocycles. The topological polar surface area (TPSA) is 24.9 Å². The van der Waals surface area contributed by atoms with Crippen LogP contribution in [0.15, 0.2) is 48.5 Å². The molecule has 0 radical (unpaired) electrons. The summed E-state index contributed by atoms with van der Waals surface area (Å²) in [5, 5.41) is 0. The summed E-state index contributed by atoms with van der Waals surface area (Å²) in [7, 11) is 0. The second-order valence-corrected chi connectivity index (χ2v) is 7.09. The zero-order chi connectivity index (χ0) is 20.9. The van der Waals surface area contributed by atoms with Crippen molar-refractivity contribution in [3.63, 3.8) is 0 Å². The zero-order valence-corrected chi connectivity index (χ0v) is 18.7. The first kappa shape index (κ1) is 22.9. The fourth-order valence-corrected chi connectivity index (χ4v) is 3.44. The molecule has 4 heteroatoms. The van der Waals surface area contributed by atoms with Gasteiger partial charge in [-0.2, -0.15) is 0 Å². The van der Waals surface area contributed by atoms with Crippen molar-refractivity contribution in [2.24, 2.45) is 0 Å². The van der Waals surface area contributed by atoms with E-state index in [1.54, 1.807) is 0 Å². The Labute approximate surface area is 177 Å². The predicted octanol–water partition coefficient (Wildman–Crippen LogP) is 6.01. The van der Waals surface area contributed by atoms with Gasteiger partial charge >= 0.3 is 0 Å². The molecule has 0 N–H and O–H groups in total. The minimum Gasteiger partial charge on any atom is -0.494 e. The summed E-state index contributed by atoms with van der Waals surface area (Å²) in [6.45, 7) is 14.3. The summed E-state index contributed by atoms with van der Waals surface area (Å²) in [5.74, 6) is 1.90. The van der Waals surface area contributed by atoms with E-state index in [1.165, 1.54) is 11.4 Å². The van der Waals surface area contributed by atoms with Crippen LogP contribution < -0.4 is 19.3 Å². The summed E-state index contributed by atoms with van der Waals surface area (Å²) in [4.78, 5) is 4.67. The van der Waals surface area contributed by atoms with Gasteiger partial charge in [-0.15, -0.1) is 0 Å². The molecule has 2 aromatic carbocycles. The Morgan fingerprint density at radius 1 is 0.517 bits per heavy atom. The highest BCUT2D eigenvalue weighted by Gasteiger charge is 2.03. The van der Waals surface area contributed by atoms with Gasteiger partial charge in [0.2, 0.25) is 0 Å². The van der Waals surface area contributed by atoms with Gasteiger partial charge in [0.05, 0.1) is 13.2 Å². The molecule has 0 aliphatic rings. The Balaban J connectivity index is 1.59. The molecule has 0 unspecified atom stereocenters. The summed E-state index contributed by atoms with van der Waals surface area (Å²) < 4.78 is 11.7. The summed E-state index contributed by atoms with van der Waals surface area (Å²) in [6.07, 6.45) is 3.19. The van der Waals surface area contributed by atoms with Crippen LogP contribution in [0.5, 0.6) is 11.5 Å². The van der Waals surface area contributed by atoms with Crippen LogP contribution in [0.2, 0.25) is 0 Å². The maximum Gasteiger partial charge on any atom is 0.119 e. The van der Waals surface area contributed by atoms with Crippen LogP contribution in [0, 0.1) is 0 Å². The van der Waals surface area contributed by atoms with Crippen molar-refractivity contribution in [2.75, 3.05) is 49.2 Å². The smallest absolute Gasteiger partial charge is 0.119 e. The maximum absolute atomic E-state index is 5.87. The molecule has 0 spiro atoms. The standard InChI is InChI=1S/C25H38N2O2/c1-5-26(6-2)22-12-16-24(17-13-22)28-20-10-9-11-21-29-25-18-14-23(15-19-25)27(7-3)8-4/h12-19H,5-11,20-21H2,1-4H3. The monoisotopic (exact) mass is 398 g/mol. The molecule has 0 heterocycles. The lowest BCUT2D eigenvalue weighted by atomic mass is 10.2. The van der Waals surface area contributed by atoms with Gasteiger partial charge in [0.15, 0.2) is 0 Å². The number of hydrogen-bond acceptors (Lipinski definition) is 4. The first-order valence-electron chi connectivity index (χ1n) is 11.2. The van der Waals surface area contributed by atoms with Gasteiger partial charge in [0.1, 0.15) is 11.5 Å². The number of benzene rings is 2. The number of ether oxygens (including phenoxy) is 2. The van der Waals surface area contributed by atoms with Crippen molar-refractivity contribution in [1.29, 1.82) is 0 Å². The minimum absolute atomic E-state index is 0.753. The number of rotatable bonds is 14. The van der Waals surface area contributed by atoms with E-state index in [4.69, 9.17) is 9.47 Å². The molecule has 160 valence electrons. The molecule has 0 saturated carbocycles. The molecule has 2 aromatic rings. The number of hydrogen-bond donors (Lipinski definition) is 0. The van der Waals surface area contributed by atoms with Crippen LogP contribution in [0.25, 0.3) is 0 Å². The molecule has 0 saturated heterocycles.